The number of benzene rings is 1. The highest BCUT2D eigenvalue weighted by atomic mass is 16.3. The number of rotatable bonds is 4. The molecule has 1 saturated carbocycles. The van der Waals surface area contributed by atoms with E-state index < -0.39 is 0 Å². The van der Waals surface area contributed by atoms with Crippen LogP contribution in [0, 0.1) is 11.8 Å². The number of aromatic hydroxyl groups is 1. The molecule has 0 heterocycles. The van der Waals surface area contributed by atoms with Crippen LogP contribution >= 0.6 is 0 Å². The Morgan fingerprint density at radius 3 is 2.44 bits per heavy atom. The summed E-state index contributed by atoms with van der Waals surface area (Å²) in [6.07, 6.45) is 8.08. The molecule has 1 N–H and O–H groups in total. The van der Waals surface area contributed by atoms with Gasteiger partial charge in [-0.1, -0.05) is 45.2 Å². The van der Waals surface area contributed by atoms with Gasteiger partial charge >= 0.3 is 0 Å². The van der Waals surface area contributed by atoms with Gasteiger partial charge in [-0.25, -0.2) is 0 Å². The molecule has 0 radical (unpaired) electrons. The Hall–Kier alpha value is -0.980. The molecule has 0 aliphatic heterocycles. The van der Waals surface area contributed by atoms with Gasteiger partial charge < -0.3 is 5.11 Å². The van der Waals surface area contributed by atoms with E-state index in [-0.39, 0.29) is 0 Å². The molecule has 2 rings (SSSR count). The Labute approximate surface area is 111 Å². The van der Waals surface area contributed by atoms with Crippen molar-refractivity contribution < 1.29 is 5.11 Å². The molecule has 18 heavy (non-hydrogen) atoms. The van der Waals surface area contributed by atoms with E-state index in [1.54, 1.807) is 0 Å². The van der Waals surface area contributed by atoms with Crippen molar-refractivity contribution >= 4 is 0 Å². The second-order valence-electron chi connectivity index (χ2n) is 5.83. The normalized spacial score (nSPS) is 28.2. The van der Waals surface area contributed by atoms with E-state index in [1.807, 2.05) is 12.1 Å². The first-order chi connectivity index (χ1) is 8.74. The van der Waals surface area contributed by atoms with E-state index in [0.717, 1.165) is 11.8 Å². The zero-order valence-electron chi connectivity index (χ0n) is 11.7. The summed E-state index contributed by atoms with van der Waals surface area (Å²) in [4.78, 5) is 0. The maximum atomic E-state index is 9.40. The highest BCUT2D eigenvalue weighted by molar-refractivity contribution is 5.29. The molecule has 1 aromatic rings. The first-order valence-electron chi connectivity index (χ1n) is 7.53. The zero-order chi connectivity index (χ0) is 13.0. The van der Waals surface area contributed by atoms with Crippen molar-refractivity contribution in [1.29, 1.82) is 0 Å². The van der Waals surface area contributed by atoms with Crippen molar-refractivity contribution in [3.8, 4) is 5.75 Å². The van der Waals surface area contributed by atoms with Gasteiger partial charge in [-0.3, -0.25) is 0 Å². The number of phenolic OH excluding ortho intramolecular Hbond substituents is 1. The average Bonchev–Trinajstić information content (AvgIpc) is 2.40. The van der Waals surface area contributed by atoms with Crippen LogP contribution in [0.5, 0.6) is 5.75 Å². The second kappa shape index (κ2) is 6.26. The molecular weight excluding hydrogens is 220 g/mol. The van der Waals surface area contributed by atoms with Crippen molar-refractivity contribution in [2.24, 2.45) is 11.8 Å². The minimum atomic E-state index is 0.382. The quantitative estimate of drug-likeness (QED) is 0.783. The molecule has 0 spiro atoms. The van der Waals surface area contributed by atoms with E-state index in [0.29, 0.717) is 11.7 Å². The largest absolute Gasteiger partial charge is 0.508 e. The molecule has 0 saturated heterocycles. The summed E-state index contributed by atoms with van der Waals surface area (Å²) in [7, 11) is 0. The van der Waals surface area contributed by atoms with Gasteiger partial charge in [-0.05, 0) is 54.7 Å². The minimum Gasteiger partial charge on any atom is -0.508 e. The number of hydrogen-bond acceptors (Lipinski definition) is 1. The van der Waals surface area contributed by atoms with E-state index >= 15 is 0 Å². The molecular formula is C17H26O. The van der Waals surface area contributed by atoms with Gasteiger partial charge in [0, 0.05) is 0 Å². The van der Waals surface area contributed by atoms with Gasteiger partial charge in [0.25, 0.3) is 0 Å². The zero-order valence-corrected chi connectivity index (χ0v) is 11.7. The number of phenols is 1. The van der Waals surface area contributed by atoms with Gasteiger partial charge in [0.05, 0.1) is 0 Å². The summed E-state index contributed by atoms with van der Waals surface area (Å²) in [5.41, 5.74) is 1.43. The average molecular weight is 246 g/mol. The van der Waals surface area contributed by atoms with E-state index in [4.69, 9.17) is 0 Å². The standard InChI is InChI=1S/C17H26O/c1-3-5-15-12-13(4-2)6-11-17(15)14-7-9-16(18)10-8-14/h7-10,13,15,17-18H,3-6,11-12H2,1-2H3. The molecule has 0 bridgehead atoms. The van der Waals surface area contributed by atoms with Crippen molar-refractivity contribution in [2.45, 2.75) is 58.3 Å². The fraction of sp³-hybridized carbons (Fsp3) is 0.647. The van der Waals surface area contributed by atoms with Gasteiger partial charge in [0.1, 0.15) is 5.75 Å². The van der Waals surface area contributed by atoms with Crippen LogP contribution in [0.4, 0.5) is 0 Å². The van der Waals surface area contributed by atoms with Crippen LogP contribution < -0.4 is 0 Å². The molecule has 1 aromatic carbocycles. The van der Waals surface area contributed by atoms with Crippen LogP contribution in [-0.4, -0.2) is 5.11 Å². The Morgan fingerprint density at radius 1 is 1.11 bits per heavy atom. The molecule has 3 unspecified atom stereocenters. The third kappa shape index (κ3) is 3.07. The first-order valence-corrected chi connectivity index (χ1v) is 7.53. The third-order valence-electron chi connectivity index (χ3n) is 4.65. The van der Waals surface area contributed by atoms with Crippen LogP contribution in [0.25, 0.3) is 0 Å². The molecule has 1 aliphatic carbocycles. The predicted molar refractivity (Wildman–Crippen MR) is 76.9 cm³/mol. The molecule has 1 aliphatic rings. The minimum absolute atomic E-state index is 0.382. The first kappa shape index (κ1) is 13.5. The van der Waals surface area contributed by atoms with Crippen LogP contribution in [-0.2, 0) is 0 Å². The maximum absolute atomic E-state index is 9.40. The molecule has 1 heteroatoms. The molecule has 1 nitrogen and oxygen atoms in total. The van der Waals surface area contributed by atoms with E-state index in [1.165, 1.54) is 44.1 Å². The number of hydrogen-bond donors (Lipinski definition) is 1. The predicted octanol–water partition coefficient (Wildman–Crippen LogP) is 5.10. The SMILES string of the molecule is CCCC1CC(CC)CCC1c1ccc(O)cc1. The summed E-state index contributed by atoms with van der Waals surface area (Å²) in [6, 6.07) is 7.92. The summed E-state index contributed by atoms with van der Waals surface area (Å²) < 4.78 is 0. The third-order valence-corrected chi connectivity index (χ3v) is 4.65. The lowest BCUT2D eigenvalue weighted by Crippen LogP contribution is -2.23. The van der Waals surface area contributed by atoms with E-state index in [9.17, 15) is 5.11 Å². The van der Waals surface area contributed by atoms with Crippen LogP contribution in [0.2, 0.25) is 0 Å². The Bertz CT molecular complexity index is 354. The summed E-state index contributed by atoms with van der Waals surface area (Å²) in [5.74, 6) is 2.88. The monoisotopic (exact) mass is 246 g/mol. The lowest BCUT2D eigenvalue weighted by atomic mass is 9.69. The van der Waals surface area contributed by atoms with Gasteiger partial charge in [0.15, 0.2) is 0 Å². The fourth-order valence-corrected chi connectivity index (χ4v) is 3.58. The fourth-order valence-electron chi connectivity index (χ4n) is 3.58. The molecule has 0 aromatic heterocycles. The summed E-state index contributed by atoms with van der Waals surface area (Å²) in [6.45, 7) is 4.62. The lowest BCUT2D eigenvalue weighted by molar-refractivity contribution is 0.215. The van der Waals surface area contributed by atoms with Gasteiger partial charge in [-0.15, -0.1) is 0 Å². The second-order valence-corrected chi connectivity index (χ2v) is 5.83. The molecule has 100 valence electrons. The summed E-state index contributed by atoms with van der Waals surface area (Å²) in [5, 5.41) is 9.40. The Balaban J connectivity index is 2.12. The molecule has 0 amide bonds. The molecule has 3 atom stereocenters. The van der Waals surface area contributed by atoms with Crippen molar-refractivity contribution in [2.75, 3.05) is 0 Å². The van der Waals surface area contributed by atoms with Gasteiger partial charge in [-0.2, -0.15) is 0 Å². The van der Waals surface area contributed by atoms with Crippen molar-refractivity contribution in [3.05, 3.63) is 29.8 Å². The highest BCUT2D eigenvalue weighted by Crippen LogP contribution is 2.43. The van der Waals surface area contributed by atoms with Gasteiger partial charge in [0.2, 0.25) is 0 Å². The topological polar surface area (TPSA) is 20.2 Å². The van der Waals surface area contributed by atoms with Crippen LogP contribution in [0.15, 0.2) is 24.3 Å². The van der Waals surface area contributed by atoms with Crippen molar-refractivity contribution in [3.63, 3.8) is 0 Å². The summed E-state index contributed by atoms with van der Waals surface area (Å²) >= 11 is 0. The molecule has 1 fully saturated rings. The maximum Gasteiger partial charge on any atom is 0.115 e. The Morgan fingerprint density at radius 2 is 1.83 bits per heavy atom. The van der Waals surface area contributed by atoms with Crippen molar-refractivity contribution in [1.82, 2.24) is 0 Å². The van der Waals surface area contributed by atoms with Crippen LogP contribution in [0.1, 0.15) is 63.9 Å². The Kier molecular flexibility index (Phi) is 4.68. The van der Waals surface area contributed by atoms with E-state index in [2.05, 4.69) is 26.0 Å². The lowest BCUT2D eigenvalue weighted by Gasteiger charge is -2.36. The smallest absolute Gasteiger partial charge is 0.115 e. The van der Waals surface area contributed by atoms with Crippen LogP contribution in [0.3, 0.4) is 0 Å². The highest BCUT2D eigenvalue weighted by Gasteiger charge is 2.29.